The first kappa shape index (κ1) is 17.3. The maximum Gasteiger partial charge on any atom is 0.407 e. The molecule has 0 bridgehead atoms. The average Bonchev–Trinajstić information content (AvgIpc) is 2.62. The summed E-state index contributed by atoms with van der Waals surface area (Å²) in [5.41, 5.74) is 1.74. The highest BCUT2D eigenvalue weighted by atomic mass is 16.6. The number of nitro benzene ring substituents is 1. The van der Waals surface area contributed by atoms with E-state index in [0.717, 1.165) is 31.6 Å². The highest BCUT2D eigenvalue weighted by Crippen LogP contribution is 2.35. The summed E-state index contributed by atoms with van der Waals surface area (Å²) in [5, 5.41) is 20.5. The number of carbonyl (C=O) groups is 1. The first-order chi connectivity index (χ1) is 12.0. The fraction of sp³-hybridized carbons (Fsp3) is 0.588. The van der Waals surface area contributed by atoms with Crippen LogP contribution in [-0.4, -0.2) is 60.3 Å². The minimum absolute atomic E-state index is 0.141. The van der Waals surface area contributed by atoms with Gasteiger partial charge in [-0.3, -0.25) is 10.1 Å². The van der Waals surface area contributed by atoms with Gasteiger partial charge in [0.1, 0.15) is 5.69 Å². The molecule has 136 valence electrons. The number of amides is 1. The van der Waals surface area contributed by atoms with Gasteiger partial charge in [-0.2, -0.15) is 0 Å². The lowest BCUT2D eigenvalue weighted by Crippen LogP contribution is -2.48. The van der Waals surface area contributed by atoms with Gasteiger partial charge in [-0.15, -0.1) is 0 Å². The van der Waals surface area contributed by atoms with Gasteiger partial charge in [-0.1, -0.05) is 6.92 Å². The van der Waals surface area contributed by atoms with Gasteiger partial charge in [0, 0.05) is 51.0 Å². The normalized spacial score (nSPS) is 19.2. The van der Waals surface area contributed by atoms with E-state index < -0.39 is 6.09 Å². The quantitative estimate of drug-likeness (QED) is 0.667. The summed E-state index contributed by atoms with van der Waals surface area (Å²) >= 11 is 0. The first-order valence-corrected chi connectivity index (χ1v) is 8.72. The second kappa shape index (κ2) is 7.16. The number of piperidine rings is 1. The minimum Gasteiger partial charge on any atom is -0.465 e. The number of nitro groups is 1. The molecule has 0 atom stereocenters. The zero-order chi connectivity index (χ0) is 18.0. The van der Waals surface area contributed by atoms with Crippen molar-refractivity contribution in [3.8, 4) is 0 Å². The molecule has 3 rings (SSSR count). The third kappa shape index (κ3) is 3.78. The van der Waals surface area contributed by atoms with Crippen LogP contribution in [0.4, 0.5) is 21.9 Å². The summed E-state index contributed by atoms with van der Waals surface area (Å²) in [6, 6.07) is 5.24. The molecule has 8 heteroatoms. The van der Waals surface area contributed by atoms with E-state index in [4.69, 9.17) is 5.11 Å². The molecular weight excluding hydrogens is 324 g/mol. The highest BCUT2D eigenvalue weighted by Gasteiger charge is 2.26. The Kier molecular flexibility index (Phi) is 4.96. The molecule has 0 aliphatic carbocycles. The van der Waals surface area contributed by atoms with Crippen molar-refractivity contribution in [3.63, 3.8) is 0 Å². The Balaban J connectivity index is 1.81. The van der Waals surface area contributed by atoms with Gasteiger partial charge in [0.05, 0.1) is 4.92 Å². The Morgan fingerprint density at radius 2 is 1.76 bits per heavy atom. The zero-order valence-corrected chi connectivity index (χ0v) is 14.4. The second-order valence-corrected chi connectivity index (χ2v) is 6.86. The Morgan fingerprint density at radius 3 is 2.32 bits per heavy atom. The zero-order valence-electron chi connectivity index (χ0n) is 14.4. The topological polar surface area (TPSA) is 90.2 Å². The van der Waals surface area contributed by atoms with Crippen molar-refractivity contribution < 1.29 is 14.8 Å². The molecule has 2 aliphatic heterocycles. The summed E-state index contributed by atoms with van der Waals surface area (Å²) in [5.74, 6) is 0.655. The predicted octanol–water partition coefficient (Wildman–Crippen LogP) is 2.63. The monoisotopic (exact) mass is 348 g/mol. The minimum atomic E-state index is -0.897. The van der Waals surface area contributed by atoms with Crippen LogP contribution in [0.5, 0.6) is 0 Å². The van der Waals surface area contributed by atoms with Gasteiger partial charge < -0.3 is 19.8 Å². The SMILES string of the molecule is CC1CCN(c2cc(N3CCN(C(=O)O)CC3)ccc2[N+](=O)[O-])CC1. The van der Waals surface area contributed by atoms with E-state index in [1.807, 2.05) is 6.07 Å². The number of rotatable bonds is 3. The Bertz CT molecular complexity index is 650. The third-order valence-corrected chi connectivity index (χ3v) is 5.20. The number of hydrogen-bond donors (Lipinski definition) is 1. The summed E-state index contributed by atoms with van der Waals surface area (Å²) in [4.78, 5) is 27.7. The number of piperazine rings is 1. The van der Waals surface area contributed by atoms with Crippen LogP contribution in [0.25, 0.3) is 0 Å². The van der Waals surface area contributed by atoms with Gasteiger partial charge in [-0.25, -0.2) is 4.79 Å². The van der Waals surface area contributed by atoms with Crippen molar-refractivity contribution in [2.75, 3.05) is 49.1 Å². The van der Waals surface area contributed by atoms with Gasteiger partial charge in [0.15, 0.2) is 0 Å². The number of anilines is 2. The van der Waals surface area contributed by atoms with Gasteiger partial charge in [-0.05, 0) is 30.9 Å². The van der Waals surface area contributed by atoms with Crippen LogP contribution < -0.4 is 9.80 Å². The van der Waals surface area contributed by atoms with E-state index in [1.165, 1.54) is 4.90 Å². The van der Waals surface area contributed by atoms with Crippen molar-refractivity contribution in [1.29, 1.82) is 0 Å². The molecule has 25 heavy (non-hydrogen) atoms. The van der Waals surface area contributed by atoms with E-state index in [9.17, 15) is 14.9 Å². The fourth-order valence-electron chi connectivity index (χ4n) is 3.52. The molecule has 1 aromatic carbocycles. The van der Waals surface area contributed by atoms with Gasteiger partial charge in [0.2, 0.25) is 0 Å². The van der Waals surface area contributed by atoms with Crippen LogP contribution in [0.2, 0.25) is 0 Å². The molecule has 2 fully saturated rings. The van der Waals surface area contributed by atoms with E-state index in [1.54, 1.807) is 12.1 Å². The first-order valence-electron chi connectivity index (χ1n) is 8.72. The van der Waals surface area contributed by atoms with Crippen LogP contribution in [-0.2, 0) is 0 Å². The molecule has 1 aromatic rings. The standard InChI is InChI=1S/C17H24N4O4/c1-13-4-6-19(7-5-13)16-12-14(2-3-15(16)21(24)25)18-8-10-20(11-9-18)17(22)23/h2-3,12-13H,4-11H2,1H3,(H,22,23). The Morgan fingerprint density at radius 1 is 1.12 bits per heavy atom. The largest absolute Gasteiger partial charge is 0.465 e. The van der Waals surface area contributed by atoms with Crippen LogP contribution in [0.15, 0.2) is 18.2 Å². The summed E-state index contributed by atoms with van der Waals surface area (Å²) in [7, 11) is 0. The molecule has 0 aromatic heterocycles. The lowest BCUT2D eigenvalue weighted by molar-refractivity contribution is -0.384. The van der Waals surface area contributed by atoms with Crippen LogP contribution in [0.1, 0.15) is 19.8 Å². The van der Waals surface area contributed by atoms with Crippen molar-refractivity contribution in [1.82, 2.24) is 4.90 Å². The number of benzene rings is 1. The number of carboxylic acid groups (broad SMARTS) is 1. The van der Waals surface area contributed by atoms with Crippen LogP contribution in [0.3, 0.4) is 0 Å². The Labute approximate surface area is 146 Å². The molecule has 2 aliphatic rings. The summed E-state index contributed by atoms with van der Waals surface area (Å²) < 4.78 is 0. The second-order valence-electron chi connectivity index (χ2n) is 6.86. The Hall–Kier alpha value is -2.51. The van der Waals surface area contributed by atoms with Crippen LogP contribution in [0, 0.1) is 16.0 Å². The highest BCUT2D eigenvalue weighted by molar-refractivity contribution is 5.71. The molecule has 0 unspecified atom stereocenters. The van der Waals surface area contributed by atoms with Crippen LogP contribution >= 0.6 is 0 Å². The molecule has 0 radical (unpaired) electrons. The van der Waals surface area contributed by atoms with E-state index in [2.05, 4.69) is 16.7 Å². The molecule has 1 amide bonds. The van der Waals surface area contributed by atoms with Crippen molar-refractivity contribution >= 4 is 23.2 Å². The van der Waals surface area contributed by atoms with E-state index >= 15 is 0 Å². The third-order valence-electron chi connectivity index (χ3n) is 5.20. The van der Waals surface area contributed by atoms with Crippen molar-refractivity contribution in [2.45, 2.75) is 19.8 Å². The maximum absolute atomic E-state index is 11.4. The maximum atomic E-state index is 11.4. The van der Waals surface area contributed by atoms with Gasteiger partial charge in [0.25, 0.3) is 5.69 Å². The lowest BCUT2D eigenvalue weighted by atomic mass is 9.98. The lowest BCUT2D eigenvalue weighted by Gasteiger charge is -2.36. The van der Waals surface area contributed by atoms with Crippen molar-refractivity contribution in [3.05, 3.63) is 28.3 Å². The van der Waals surface area contributed by atoms with E-state index in [0.29, 0.717) is 37.8 Å². The van der Waals surface area contributed by atoms with E-state index in [-0.39, 0.29) is 10.6 Å². The number of hydrogen-bond acceptors (Lipinski definition) is 5. The summed E-state index contributed by atoms with van der Waals surface area (Å²) in [6.07, 6.45) is 1.18. The smallest absolute Gasteiger partial charge is 0.407 e. The van der Waals surface area contributed by atoms with Crippen molar-refractivity contribution in [2.24, 2.45) is 5.92 Å². The fourth-order valence-corrected chi connectivity index (χ4v) is 3.52. The van der Waals surface area contributed by atoms with Gasteiger partial charge >= 0.3 is 6.09 Å². The molecule has 1 N–H and O–H groups in total. The average molecular weight is 348 g/mol. The molecule has 2 heterocycles. The molecular formula is C17H24N4O4. The summed E-state index contributed by atoms with van der Waals surface area (Å²) in [6.45, 7) is 5.97. The molecule has 0 spiro atoms. The molecule has 2 saturated heterocycles. The molecule has 0 saturated carbocycles. The predicted molar refractivity (Wildman–Crippen MR) is 95.5 cm³/mol. The number of nitrogens with zero attached hydrogens (tertiary/aromatic N) is 4. The molecule has 8 nitrogen and oxygen atoms in total.